The first-order valence-electron chi connectivity index (χ1n) is 13.8. The summed E-state index contributed by atoms with van der Waals surface area (Å²) < 4.78 is 5.82. The molecule has 0 radical (unpaired) electrons. The summed E-state index contributed by atoms with van der Waals surface area (Å²) in [5.41, 5.74) is 0. The Hall–Kier alpha value is -1.06. The Bertz CT molecular complexity index is 560. The maximum absolute atomic E-state index is 12.8. The van der Waals surface area contributed by atoms with E-state index in [2.05, 4.69) is 27.7 Å². The zero-order valence-electron chi connectivity index (χ0n) is 21.3. The molecule has 32 heavy (non-hydrogen) atoms. The summed E-state index contributed by atoms with van der Waals surface area (Å²) in [4.78, 5) is 24.5. The standard InChI is InChI=1S/C28H50O4/c1-5-7-8-9-10-11-13-24-21(4)23(16-15-22(24)12-6-2)19-32-28(31)25-17-14-20(3)18-26(25)27(29)30/h20-26H,5-19H2,1-4H3,(H,29,30). The molecule has 1 N–H and O–H groups in total. The molecule has 2 fully saturated rings. The molecular formula is C28H50O4. The molecule has 0 spiro atoms. The van der Waals surface area contributed by atoms with E-state index in [4.69, 9.17) is 4.74 Å². The average Bonchev–Trinajstić information content (AvgIpc) is 2.77. The Morgan fingerprint density at radius 3 is 2.19 bits per heavy atom. The predicted octanol–water partition coefficient (Wildman–Crippen LogP) is 7.50. The van der Waals surface area contributed by atoms with E-state index in [0.29, 0.717) is 37.2 Å². The summed E-state index contributed by atoms with van der Waals surface area (Å²) >= 11 is 0. The molecule has 0 aliphatic heterocycles. The van der Waals surface area contributed by atoms with Crippen molar-refractivity contribution in [3.63, 3.8) is 0 Å². The third-order valence-corrected chi connectivity index (χ3v) is 8.66. The van der Waals surface area contributed by atoms with Gasteiger partial charge in [0.15, 0.2) is 0 Å². The second kappa shape index (κ2) is 14.3. The zero-order valence-corrected chi connectivity index (χ0v) is 21.3. The number of carbonyl (C=O) groups is 2. The molecular weight excluding hydrogens is 400 g/mol. The molecule has 2 saturated carbocycles. The topological polar surface area (TPSA) is 63.6 Å². The van der Waals surface area contributed by atoms with E-state index in [1.807, 2.05) is 0 Å². The summed E-state index contributed by atoms with van der Waals surface area (Å²) in [6, 6.07) is 0. The highest BCUT2D eigenvalue weighted by Crippen LogP contribution is 2.44. The molecule has 4 nitrogen and oxygen atoms in total. The monoisotopic (exact) mass is 450 g/mol. The Balaban J connectivity index is 1.87. The van der Waals surface area contributed by atoms with Crippen LogP contribution in [0, 0.1) is 41.4 Å². The lowest BCUT2D eigenvalue weighted by molar-refractivity contribution is -0.162. The number of hydrogen-bond donors (Lipinski definition) is 1. The van der Waals surface area contributed by atoms with Gasteiger partial charge in [0.2, 0.25) is 0 Å². The molecule has 0 aromatic carbocycles. The number of esters is 1. The number of carbonyl (C=O) groups excluding carboxylic acids is 1. The van der Waals surface area contributed by atoms with Crippen molar-refractivity contribution in [1.82, 2.24) is 0 Å². The van der Waals surface area contributed by atoms with Gasteiger partial charge in [-0.05, 0) is 68.1 Å². The van der Waals surface area contributed by atoms with E-state index in [0.717, 1.165) is 24.7 Å². The van der Waals surface area contributed by atoms with Crippen molar-refractivity contribution >= 4 is 11.9 Å². The second-order valence-electron chi connectivity index (χ2n) is 11.1. The van der Waals surface area contributed by atoms with Crippen molar-refractivity contribution in [3.05, 3.63) is 0 Å². The van der Waals surface area contributed by atoms with Gasteiger partial charge in [0.05, 0.1) is 18.4 Å². The van der Waals surface area contributed by atoms with Gasteiger partial charge in [-0.15, -0.1) is 0 Å². The van der Waals surface area contributed by atoms with Gasteiger partial charge in [0.1, 0.15) is 0 Å². The molecule has 0 heterocycles. The quantitative estimate of drug-likeness (QED) is 0.233. The fraction of sp³-hybridized carbons (Fsp3) is 0.929. The highest BCUT2D eigenvalue weighted by Gasteiger charge is 2.40. The average molecular weight is 451 g/mol. The SMILES string of the molecule is CCCCCCCCC1C(CCC)CCC(COC(=O)C2CCC(C)CC2C(=O)O)C1C. The molecule has 0 amide bonds. The van der Waals surface area contributed by atoms with Crippen molar-refractivity contribution in [2.45, 2.75) is 118 Å². The lowest BCUT2D eigenvalue weighted by Gasteiger charge is -2.42. The first kappa shape index (κ1) is 27.2. The normalized spacial score (nSPS) is 33.1. The van der Waals surface area contributed by atoms with Crippen molar-refractivity contribution in [2.24, 2.45) is 41.4 Å². The molecule has 186 valence electrons. The number of hydrogen-bond acceptors (Lipinski definition) is 3. The number of rotatable bonds is 13. The van der Waals surface area contributed by atoms with Crippen LogP contribution in [0.2, 0.25) is 0 Å². The molecule has 2 rings (SSSR count). The summed E-state index contributed by atoms with van der Waals surface area (Å²) in [6.45, 7) is 9.50. The van der Waals surface area contributed by atoms with Crippen LogP contribution in [-0.4, -0.2) is 23.7 Å². The predicted molar refractivity (Wildman–Crippen MR) is 130 cm³/mol. The van der Waals surface area contributed by atoms with Crippen molar-refractivity contribution < 1.29 is 19.4 Å². The van der Waals surface area contributed by atoms with Crippen LogP contribution in [0.1, 0.15) is 118 Å². The van der Waals surface area contributed by atoms with Gasteiger partial charge < -0.3 is 9.84 Å². The molecule has 0 bridgehead atoms. The van der Waals surface area contributed by atoms with Crippen LogP contribution < -0.4 is 0 Å². The number of unbranched alkanes of at least 4 members (excludes halogenated alkanes) is 5. The minimum atomic E-state index is -0.842. The molecule has 0 aromatic rings. The third kappa shape index (κ3) is 8.06. The first-order valence-corrected chi connectivity index (χ1v) is 13.8. The molecule has 0 saturated heterocycles. The Morgan fingerprint density at radius 2 is 1.50 bits per heavy atom. The molecule has 2 aliphatic carbocycles. The van der Waals surface area contributed by atoms with Gasteiger partial charge in [-0.25, -0.2) is 0 Å². The highest BCUT2D eigenvalue weighted by molar-refractivity contribution is 5.81. The largest absolute Gasteiger partial charge is 0.481 e. The highest BCUT2D eigenvalue weighted by atomic mass is 16.5. The number of ether oxygens (including phenoxy) is 1. The third-order valence-electron chi connectivity index (χ3n) is 8.66. The first-order chi connectivity index (χ1) is 15.4. The Kier molecular flexibility index (Phi) is 12.1. The van der Waals surface area contributed by atoms with Crippen LogP contribution in [0.4, 0.5) is 0 Å². The Morgan fingerprint density at radius 1 is 0.812 bits per heavy atom. The summed E-state index contributed by atoms with van der Waals surface area (Å²) in [7, 11) is 0. The van der Waals surface area contributed by atoms with E-state index >= 15 is 0 Å². The molecule has 7 unspecified atom stereocenters. The van der Waals surface area contributed by atoms with E-state index in [1.165, 1.54) is 64.2 Å². The van der Waals surface area contributed by atoms with Gasteiger partial charge in [0, 0.05) is 0 Å². The number of carboxylic acid groups (broad SMARTS) is 1. The fourth-order valence-electron chi connectivity index (χ4n) is 6.54. The molecule has 7 atom stereocenters. The van der Waals surface area contributed by atoms with E-state index < -0.39 is 17.8 Å². The van der Waals surface area contributed by atoms with Crippen LogP contribution in [0.25, 0.3) is 0 Å². The minimum absolute atomic E-state index is 0.264. The van der Waals surface area contributed by atoms with Gasteiger partial charge in [0.25, 0.3) is 0 Å². The minimum Gasteiger partial charge on any atom is -0.481 e. The van der Waals surface area contributed by atoms with E-state index in [1.54, 1.807) is 0 Å². The van der Waals surface area contributed by atoms with Crippen LogP contribution >= 0.6 is 0 Å². The van der Waals surface area contributed by atoms with Crippen LogP contribution in [-0.2, 0) is 14.3 Å². The molecule has 4 heteroatoms. The summed E-state index contributed by atoms with van der Waals surface area (Å²) in [5.74, 6) is 0.768. The van der Waals surface area contributed by atoms with Crippen LogP contribution in [0.3, 0.4) is 0 Å². The molecule has 2 aliphatic rings. The van der Waals surface area contributed by atoms with Crippen LogP contribution in [0.15, 0.2) is 0 Å². The van der Waals surface area contributed by atoms with Crippen molar-refractivity contribution in [3.8, 4) is 0 Å². The van der Waals surface area contributed by atoms with Crippen molar-refractivity contribution in [2.75, 3.05) is 6.61 Å². The van der Waals surface area contributed by atoms with Crippen LogP contribution in [0.5, 0.6) is 0 Å². The lowest BCUT2D eigenvalue weighted by Crippen LogP contribution is -2.39. The maximum Gasteiger partial charge on any atom is 0.309 e. The molecule has 0 aromatic heterocycles. The van der Waals surface area contributed by atoms with Gasteiger partial charge in [-0.3, -0.25) is 9.59 Å². The van der Waals surface area contributed by atoms with E-state index in [-0.39, 0.29) is 5.97 Å². The number of carboxylic acids is 1. The lowest BCUT2D eigenvalue weighted by atomic mass is 9.64. The van der Waals surface area contributed by atoms with Gasteiger partial charge in [-0.2, -0.15) is 0 Å². The van der Waals surface area contributed by atoms with E-state index in [9.17, 15) is 14.7 Å². The smallest absolute Gasteiger partial charge is 0.309 e. The zero-order chi connectivity index (χ0) is 23.5. The summed E-state index contributed by atoms with van der Waals surface area (Å²) in [6.07, 6.45) is 16.5. The Labute approximate surface area is 197 Å². The maximum atomic E-state index is 12.8. The van der Waals surface area contributed by atoms with Gasteiger partial charge in [-0.1, -0.05) is 79.1 Å². The van der Waals surface area contributed by atoms with Gasteiger partial charge >= 0.3 is 11.9 Å². The fourth-order valence-corrected chi connectivity index (χ4v) is 6.54. The summed E-state index contributed by atoms with van der Waals surface area (Å²) in [5, 5.41) is 9.59. The second-order valence-corrected chi connectivity index (χ2v) is 11.1. The van der Waals surface area contributed by atoms with Crippen molar-refractivity contribution in [1.29, 1.82) is 0 Å². The number of aliphatic carboxylic acids is 1.